The zero-order chi connectivity index (χ0) is 9.42. The van der Waals surface area contributed by atoms with Crippen LogP contribution in [0.2, 0.25) is 5.02 Å². The molecule has 1 aliphatic rings. The highest BCUT2D eigenvalue weighted by Gasteiger charge is 2.04. The molecule has 1 aliphatic heterocycles. The SMILES string of the molecule is O=C1CC=c2cc(Cl)c(Br)cc2=N1. The highest BCUT2D eigenvalue weighted by Crippen LogP contribution is 2.17. The lowest BCUT2D eigenvalue weighted by Crippen LogP contribution is -2.29. The molecule has 1 aromatic carbocycles. The van der Waals surface area contributed by atoms with Gasteiger partial charge < -0.3 is 0 Å². The molecule has 0 radical (unpaired) electrons. The number of carbonyl (C=O) groups excluding carboxylic acids is 1. The minimum absolute atomic E-state index is 0.110. The second kappa shape index (κ2) is 3.24. The molecular formula is C9H5BrClNO. The summed E-state index contributed by atoms with van der Waals surface area (Å²) in [5.74, 6) is -0.110. The fourth-order valence-corrected chi connectivity index (χ4v) is 1.69. The Bertz CT molecular complexity index is 495. The number of fused-ring (bicyclic) bond motifs is 1. The predicted molar refractivity (Wildman–Crippen MR) is 54.0 cm³/mol. The second-order valence-electron chi connectivity index (χ2n) is 2.74. The van der Waals surface area contributed by atoms with Crippen LogP contribution in [0.15, 0.2) is 21.6 Å². The van der Waals surface area contributed by atoms with Crippen molar-refractivity contribution in [3.63, 3.8) is 0 Å². The van der Waals surface area contributed by atoms with Gasteiger partial charge in [-0.15, -0.1) is 0 Å². The monoisotopic (exact) mass is 257 g/mol. The van der Waals surface area contributed by atoms with Gasteiger partial charge >= 0.3 is 0 Å². The van der Waals surface area contributed by atoms with Crippen LogP contribution in [0.4, 0.5) is 0 Å². The van der Waals surface area contributed by atoms with Gasteiger partial charge in [0.25, 0.3) is 0 Å². The normalized spacial score (nSPS) is 14.5. The van der Waals surface area contributed by atoms with Crippen LogP contribution in [0.25, 0.3) is 6.08 Å². The molecule has 1 amide bonds. The smallest absolute Gasteiger partial charge is 0.250 e. The molecule has 1 aromatic rings. The summed E-state index contributed by atoms with van der Waals surface area (Å²) in [6, 6.07) is 3.56. The first kappa shape index (κ1) is 8.91. The minimum atomic E-state index is -0.110. The van der Waals surface area contributed by atoms with Crippen molar-refractivity contribution in [1.82, 2.24) is 0 Å². The van der Waals surface area contributed by atoms with Crippen molar-refractivity contribution >= 4 is 39.5 Å². The number of benzene rings is 1. The Morgan fingerprint density at radius 2 is 2.23 bits per heavy atom. The summed E-state index contributed by atoms with van der Waals surface area (Å²) in [6.07, 6.45) is 2.20. The quantitative estimate of drug-likeness (QED) is 0.692. The summed E-state index contributed by atoms with van der Waals surface area (Å²) in [5, 5.41) is 2.25. The number of hydrogen-bond donors (Lipinski definition) is 0. The molecule has 0 saturated heterocycles. The summed E-state index contributed by atoms with van der Waals surface area (Å²) < 4.78 is 0.764. The Labute approximate surface area is 88.1 Å². The Morgan fingerprint density at radius 1 is 1.46 bits per heavy atom. The van der Waals surface area contributed by atoms with E-state index >= 15 is 0 Å². The Morgan fingerprint density at radius 3 is 3.00 bits per heavy atom. The third-order valence-electron chi connectivity index (χ3n) is 1.81. The van der Waals surface area contributed by atoms with Crippen molar-refractivity contribution in [2.24, 2.45) is 4.99 Å². The molecule has 0 fully saturated rings. The summed E-state index contributed by atoms with van der Waals surface area (Å²) in [4.78, 5) is 14.9. The van der Waals surface area contributed by atoms with E-state index in [0.29, 0.717) is 16.8 Å². The lowest BCUT2D eigenvalue weighted by atomic mass is 10.2. The molecule has 0 bridgehead atoms. The van der Waals surface area contributed by atoms with Crippen molar-refractivity contribution in [2.75, 3.05) is 0 Å². The number of halogens is 2. The molecule has 13 heavy (non-hydrogen) atoms. The van der Waals surface area contributed by atoms with E-state index in [-0.39, 0.29) is 5.91 Å². The standard InChI is InChI=1S/C9H5BrClNO/c10-6-4-8-5(3-7(6)11)1-2-9(13)12-8/h1,3-4H,2H2. The van der Waals surface area contributed by atoms with Gasteiger partial charge in [0.2, 0.25) is 5.91 Å². The van der Waals surface area contributed by atoms with Gasteiger partial charge in [-0.05, 0) is 33.3 Å². The van der Waals surface area contributed by atoms with Gasteiger partial charge in [0.1, 0.15) is 0 Å². The van der Waals surface area contributed by atoms with E-state index in [9.17, 15) is 4.79 Å². The fraction of sp³-hybridized carbons (Fsp3) is 0.111. The molecule has 0 unspecified atom stereocenters. The Balaban J connectivity index is 2.82. The summed E-state index contributed by atoms with van der Waals surface area (Å²) in [6.45, 7) is 0. The average Bonchev–Trinajstić information content (AvgIpc) is 2.08. The number of nitrogens with zero attached hydrogens (tertiary/aromatic N) is 1. The molecule has 0 atom stereocenters. The molecule has 4 heteroatoms. The van der Waals surface area contributed by atoms with E-state index in [1.165, 1.54) is 0 Å². The third kappa shape index (κ3) is 1.67. The van der Waals surface area contributed by atoms with Gasteiger partial charge in [-0.2, -0.15) is 0 Å². The molecule has 1 heterocycles. The number of hydrogen-bond acceptors (Lipinski definition) is 1. The first-order chi connectivity index (χ1) is 6.16. The third-order valence-corrected chi connectivity index (χ3v) is 3.01. The minimum Gasteiger partial charge on any atom is -0.272 e. The summed E-state index contributed by atoms with van der Waals surface area (Å²) in [5.41, 5.74) is 0. The first-order valence-corrected chi connectivity index (χ1v) is 4.91. The molecule has 0 aliphatic carbocycles. The average molecular weight is 259 g/mol. The maximum Gasteiger partial charge on any atom is 0.250 e. The van der Waals surface area contributed by atoms with Crippen molar-refractivity contribution in [1.29, 1.82) is 0 Å². The molecule has 0 aromatic heterocycles. The van der Waals surface area contributed by atoms with Gasteiger partial charge in [-0.3, -0.25) is 4.79 Å². The Kier molecular flexibility index (Phi) is 2.22. The van der Waals surface area contributed by atoms with Crippen LogP contribution < -0.4 is 10.6 Å². The predicted octanol–water partition coefficient (Wildman–Crippen LogP) is 1.43. The molecule has 2 nitrogen and oxygen atoms in total. The Hall–Kier alpha value is -0.670. The molecule has 2 rings (SSSR count). The lowest BCUT2D eigenvalue weighted by Gasteiger charge is -2.00. The number of rotatable bonds is 0. The van der Waals surface area contributed by atoms with Gasteiger partial charge in [-0.25, -0.2) is 4.99 Å². The van der Waals surface area contributed by atoms with E-state index in [0.717, 1.165) is 9.69 Å². The fourth-order valence-electron chi connectivity index (χ4n) is 1.19. The summed E-state index contributed by atoms with van der Waals surface area (Å²) >= 11 is 9.17. The van der Waals surface area contributed by atoms with Crippen LogP contribution in [0.1, 0.15) is 6.42 Å². The van der Waals surface area contributed by atoms with Crippen LogP contribution in [0.5, 0.6) is 0 Å². The van der Waals surface area contributed by atoms with Gasteiger partial charge in [0.05, 0.1) is 10.4 Å². The molecule has 0 saturated carbocycles. The van der Waals surface area contributed by atoms with Crippen molar-refractivity contribution in [3.05, 3.63) is 32.2 Å². The van der Waals surface area contributed by atoms with Crippen LogP contribution >= 0.6 is 27.5 Å². The first-order valence-electron chi connectivity index (χ1n) is 3.73. The lowest BCUT2D eigenvalue weighted by molar-refractivity contribution is -0.117. The van der Waals surface area contributed by atoms with E-state index < -0.39 is 0 Å². The highest BCUT2D eigenvalue weighted by molar-refractivity contribution is 9.10. The van der Waals surface area contributed by atoms with Crippen LogP contribution in [-0.4, -0.2) is 5.91 Å². The molecule has 66 valence electrons. The van der Waals surface area contributed by atoms with Crippen molar-refractivity contribution in [2.45, 2.75) is 6.42 Å². The molecule has 0 spiro atoms. The van der Waals surface area contributed by atoms with E-state index in [4.69, 9.17) is 11.6 Å². The largest absolute Gasteiger partial charge is 0.272 e. The maximum absolute atomic E-state index is 11.0. The zero-order valence-electron chi connectivity index (χ0n) is 6.55. The van der Waals surface area contributed by atoms with Gasteiger partial charge in [0.15, 0.2) is 0 Å². The number of carbonyl (C=O) groups is 1. The van der Waals surface area contributed by atoms with Crippen LogP contribution in [0.3, 0.4) is 0 Å². The van der Waals surface area contributed by atoms with E-state index in [1.54, 1.807) is 12.1 Å². The van der Waals surface area contributed by atoms with Crippen LogP contribution in [0, 0.1) is 0 Å². The summed E-state index contributed by atoms with van der Waals surface area (Å²) in [7, 11) is 0. The van der Waals surface area contributed by atoms with Crippen LogP contribution in [-0.2, 0) is 4.79 Å². The zero-order valence-corrected chi connectivity index (χ0v) is 8.89. The van der Waals surface area contributed by atoms with Gasteiger partial charge in [-0.1, -0.05) is 17.7 Å². The van der Waals surface area contributed by atoms with E-state index in [2.05, 4.69) is 20.9 Å². The maximum atomic E-state index is 11.0. The molecule has 0 N–H and O–H groups in total. The van der Waals surface area contributed by atoms with Crippen molar-refractivity contribution < 1.29 is 4.79 Å². The topological polar surface area (TPSA) is 29.4 Å². The molecular weight excluding hydrogens is 253 g/mol. The van der Waals surface area contributed by atoms with Gasteiger partial charge in [0, 0.05) is 10.9 Å². The highest BCUT2D eigenvalue weighted by atomic mass is 79.9. The van der Waals surface area contributed by atoms with E-state index in [1.807, 2.05) is 6.08 Å². The second-order valence-corrected chi connectivity index (χ2v) is 4.00. The number of amides is 1. The van der Waals surface area contributed by atoms with Crippen molar-refractivity contribution in [3.8, 4) is 0 Å².